The third-order valence-corrected chi connectivity index (χ3v) is 7.33. The number of nitrogens with zero attached hydrogens (tertiary/aromatic N) is 4. The minimum absolute atomic E-state index is 0.108. The Morgan fingerprint density at radius 1 is 1.00 bits per heavy atom. The third kappa shape index (κ3) is 3.82. The minimum Gasteiger partial charge on any atom is -0.486 e. The van der Waals surface area contributed by atoms with Crippen LogP contribution < -0.4 is 9.47 Å². The summed E-state index contributed by atoms with van der Waals surface area (Å²) in [7, 11) is 0. The van der Waals surface area contributed by atoms with Crippen LogP contribution in [-0.2, 0) is 11.4 Å². The van der Waals surface area contributed by atoms with E-state index in [1.165, 1.54) is 0 Å². The molecule has 1 atom stereocenters. The number of allylic oxidation sites excluding steroid dienone is 2. The van der Waals surface area contributed by atoms with Crippen LogP contribution in [0.3, 0.4) is 0 Å². The fraction of sp³-hybridized carbons (Fsp3) is 0.226. The van der Waals surface area contributed by atoms with Crippen molar-refractivity contribution in [2.24, 2.45) is 5.41 Å². The van der Waals surface area contributed by atoms with E-state index >= 15 is 0 Å². The molecule has 7 rings (SSSR count). The first kappa shape index (κ1) is 22.7. The standard InChI is InChI=1S/C31H26N4O3/c1-31(2)15-23(36)27-24(16-31)38-30-28(26(27)20-9-4-3-5-10-20)29-33-25(34-35(29)18-32-30)17-37-22-13-12-19-8-6-7-11-21(19)14-22/h3-14,18,26H,15-17H2,1-2H3/t26-/m1/s1. The zero-order chi connectivity index (χ0) is 25.9. The SMILES string of the molecule is CC1(C)CC(=O)C2=C(C1)Oc1ncn3nc(COc4ccc5ccccc5c4)nc3c1[C@@H]2c1ccccc1. The van der Waals surface area contributed by atoms with E-state index in [0.29, 0.717) is 41.5 Å². The number of hydrogen-bond acceptors (Lipinski definition) is 6. The van der Waals surface area contributed by atoms with Crippen LogP contribution in [0.2, 0.25) is 0 Å². The molecular weight excluding hydrogens is 476 g/mol. The van der Waals surface area contributed by atoms with E-state index in [1.54, 1.807) is 10.8 Å². The van der Waals surface area contributed by atoms with Crippen molar-refractivity contribution >= 4 is 22.2 Å². The molecule has 0 saturated heterocycles. The van der Waals surface area contributed by atoms with E-state index in [0.717, 1.165) is 27.6 Å². The van der Waals surface area contributed by atoms with Crippen molar-refractivity contribution in [1.29, 1.82) is 0 Å². The van der Waals surface area contributed by atoms with E-state index in [9.17, 15) is 4.79 Å². The van der Waals surface area contributed by atoms with E-state index in [-0.39, 0.29) is 23.7 Å². The van der Waals surface area contributed by atoms with E-state index in [4.69, 9.17) is 14.5 Å². The van der Waals surface area contributed by atoms with Gasteiger partial charge in [0, 0.05) is 24.3 Å². The summed E-state index contributed by atoms with van der Waals surface area (Å²) in [6.07, 6.45) is 2.77. The van der Waals surface area contributed by atoms with Crippen LogP contribution in [0.15, 0.2) is 90.5 Å². The smallest absolute Gasteiger partial charge is 0.228 e. The zero-order valence-electron chi connectivity index (χ0n) is 21.2. The van der Waals surface area contributed by atoms with Crippen molar-refractivity contribution in [3.05, 3.63) is 107 Å². The van der Waals surface area contributed by atoms with Crippen LogP contribution >= 0.6 is 0 Å². The number of ether oxygens (including phenoxy) is 2. The van der Waals surface area contributed by atoms with Gasteiger partial charge < -0.3 is 9.47 Å². The topological polar surface area (TPSA) is 78.6 Å². The van der Waals surface area contributed by atoms with Crippen molar-refractivity contribution in [2.75, 3.05) is 0 Å². The summed E-state index contributed by atoms with van der Waals surface area (Å²) in [6, 6.07) is 24.2. The number of Topliss-reactive ketones (excluding diaryl/α,β-unsaturated/α-hetero) is 1. The van der Waals surface area contributed by atoms with Crippen LogP contribution in [-0.4, -0.2) is 25.4 Å². The monoisotopic (exact) mass is 502 g/mol. The van der Waals surface area contributed by atoms with Gasteiger partial charge in [-0.3, -0.25) is 4.79 Å². The lowest BCUT2D eigenvalue weighted by molar-refractivity contribution is -0.118. The van der Waals surface area contributed by atoms with Crippen LogP contribution in [0, 0.1) is 5.41 Å². The molecule has 1 aliphatic heterocycles. The van der Waals surface area contributed by atoms with E-state index < -0.39 is 0 Å². The van der Waals surface area contributed by atoms with Gasteiger partial charge in [-0.15, -0.1) is 5.10 Å². The highest BCUT2D eigenvalue weighted by molar-refractivity contribution is 6.00. The van der Waals surface area contributed by atoms with E-state index in [2.05, 4.69) is 36.1 Å². The zero-order valence-corrected chi connectivity index (χ0v) is 21.2. The second-order valence-corrected chi connectivity index (χ2v) is 10.8. The van der Waals surface area contributed by atoms with Crippen molar-refractivity contribution in [3.63, 3.8) is 0 Å². The van der Waals surface area contributed by atoms with Crippen LogP contribution in [0.25, 0.3) is 16.4 Å². The number of fused-ring (bicyclic) bond motifs is 4. The second kappa shape index (κ2) is 8.52. The molecule has 3 aromatic carbocycles. The van der Waals surface area contributed by atoms with Gasteiger partial charge >= 0.3 is 0 Å². The molecule has 188 valence electrons. The molecule has 0 radical (unpaired) electrons. The molecule has 2 aliphatic rings. The first-order valence-electron chi connectivity index (χ1n) is 12.8. The molecule has 7 nitrogen and oxygen atoms in total. The lowest BCUT2D eigenvalue weighted by Crippen LogP contribution is -2.33. The summed E-state index contributed by atoms with van der Waals surface area (Å²) < 4.78 is 14.0. The van der Waals surface area contributed by atoms with Gasteiger partial charge in [0.25, 0.3) is 0 Å². The fourth-order valence-corrected chi connectivity index (χ4v) is 5.63. The Hall–Kier alpha value is -4.52. The van der Waals surface area contributed by atoms with Gasteiger partial charge in [0.2, 0.25) is 5.88 Å². The Bertz CT molecular complexity index is 1750. The van der Waals surface area contributed by atoms with Gasteiger partial charge in [0.15, 0.2) is 17.3 Å². The third-order valence-electron chi connectivity index (χ3n) is 7.33. The Balaban J connectivity index is 1.29. The maximum absolute atomic E-state index is 13.5. The average molecular weight is 503 g/mol. The molecule has 38 heavy (non-hydrogen) atoms. The van der Waals surface area contributed by atoms with Gasteiger partial charge in [0.1, 0.15) is 24.4 Å². The lowest BCUT2D eigenvalue weighted by Gasteiger charge is -2.37. The van der Waals surface area contributed by atoms with Crippen molar-refractivity contribution in [3.8, 4) is 11.6 Å². The molecule has 7 heteroatoms. The van der Waals surface area contributed by atoms with Crippen LogP contribution in [0.4, 0.5) is 0 Å². The number of carbonyl (C=O) groups excluding carboxylic acids is 1. The van der Waals surface area contributed by atoms with Crippen LogP contribution in [0.5, 0.6) is 11.6 Å². The summed E-state index contributed by atoms with van der Waals surface area (Å²) in [4.78, 5) is 23.0. The second-order valence-electron chi connectivity index (χ2n) is 10.8. The summed E-state index contributed by atoms with van der Waals surface area (Å²) in [6.45, 7) is 4.40. The summed E-state index contributed by atoms with van der Waals surface area (Å²) in [5.41, 5.74) is 2.92. The van der Waals surface area contributed by atoms with Crippen molar-refractivity contribution in [1.82, 2.24) is 19.6 Å². The Labute approximate surface area is 219 Å². The molecule has 0 bridgehead atoms. The Kier molecular flexibility index (Phi) is 5.08. The van der Waals surface area contributed by atoms with Gasteiger partial charge in [-0.05, 0) is 33.9 Å². The number of hydrogen-bond donors (Lipinski definition) is 0. The predicted octanol–water partition coefficient (Wildman–Crippen LogP) is 6.02. The predicted molar refractivity (Wildman–Crippen MR) is 143 cm³/mol. The largest absolute Gasteiger partial charge is 0.486 e. The minimum atomic E-state index is -0.326. The number of carbonyl (C=O) groups is 1. The number of aromatic nitrogens is 4. The molecule has 0 fully saturated rings. The number of rotatable bonds is 4. The first-order valence-corrected chi connectivity index (χ1v) is 12.8. The molecule has 3 heterocycles. The molecule has 2 aromatic heterocycles. The quantitative estimate of drug-likeness (QED) is 0.299. The van der Waals surface area contributed by atoms with E-state index in [1.807, 2.05) is 60.7 Å². The Morgan fingerprint density at radius 2 is 1.79 bits per heavy atom. The highest BCUT2D eigenvalue weighted by Crippen LogP contribution is 2.50. The summed E-state index contributed by atoms with van der Waals surface area (Å²) in [5.74, 6) is 2.24. The molecular formula is C31H26N4O3. The molecule has 0 unspecified atom stereocenters. The summed E-state index contributed by atoms with van der Waals surface area (Å²) >= 11 is 0. The maximum Gasteiger partial charge on any atom is 0.228 e. The molecule has 0 N–H and O–H groups in total. The van der Waals surface area contributed by atoms with Crippen molar-refractivity contribution < 1.29 is 14.3 Å². The molecule has 0 saturated carbocycles. The molecule has 0 amide bonds. The normalized spacial score (nSPS) is 18.3. The summed E-state index contributed by atoms with van der Waals surface area (Å²) in [5, 5.41) is 6.90. The number of ketones is 1. The lowest BCUT2D eigenvalue weighted by atomic mass is 9.70. The molecule has 1 aliphatic carbocycles. The van der Waals surface area contributed by atoms with Gasteiger partial charge in [-0.2, -0.15) is 0 Å². The van der Waals surface area contributed by atoms with Gasteiger partial charge in [-0.1, -0.05) is 74.5 Å². The van der Waals surface area contributed by atoms with Gasteiger partial charge in [-0.25, -0.2) is 14.5 Å². The average Bonchev–Trinajstić information content (AvgIpc) is 3.34. The van der Waals surface area contributed by atoms with Crippen molar-refractivity contribution in [2.45, 2.75) is 39.2 Å². The highest BCUT2D eigenvalue weighted by Gasteiger charge is 2.43. The highest BCUT2D eigenvalue weighted by atomic mass is 16.5. The van der Waals surface area contributed by atoms with Gasteiger partial charge in [0.05, 0.1) is 5.56 Å². The Morgan fingerprint density at radius 3 is 2.63 bits per heavy atom. The fourth-order valence-electron chi connectivity index (χ4n) is 5.63. The van der Waals surface area contributed by atoms with Crippen LogP contribution in [0.1, 0.15) is 49.6 Å². The maximum atomic E-state index is 13.5. The first-order chi connectivity index (χ1) is 18.4. The molecule has 5 aromatic rings. The molecule has 0 spiro atoms. The number of benzene rings is 3.